The van der Waals surface area contributed by atoms with Crippen LogP contribution in [0.15, 0.2) is 42.6 Å². The molecule has 0 spiro atoms. The minimum atomic E-state index is -0.314. The average Bonchev–Trinajstić information content (AvgIpc) is 3.06. The van der Waals surface area contributed by atoms with E-state index in [0.29, 0.717) is 10.8 Å². The third-order valence-electron chi connectivity index (χ3n) is 4.38. The van der Waals surface area contributed by atoms with Gasteiger partial charge in [0.25, 0.3) is 0 Å². The Hall–Kier alpha value is -3.90. The molecule has 0 aliphatic heterocycles. The number of benzene rings is 1. The molecule has 0 unspecified atom stereocenters. The highest BCUT2D eigenvalue weighted by Crippen LogP contribution is 2.30. The van der Waals surface area contributed by atoms with Gasteiger partial charge in [-0.25, -0.2) is 9.50 Å². The van der Waals surface area contributed by atoms with Gasteiger partial charge in [0.1, 0.15) is 17.5 Å². The van der Waals surface area contributed by atoms with Crippen LogP contribution in [0, 0.1) is 11.3 Å². The van der Waals surface area contributed by atoms with E-state index >= 15 is 0 Å². The Morgan fingerprint density at radius 3 is 2.66 bits per heavy atom. The van der Waals surface area contributed by atoms with Crippen molar-refractivity contribution in [1.82, 2.24) is 24.6 Å². The summed E-state index contributed by atoms with van der Waals surface area (Å²) in [6.07, 6.45) is 1.84. The van der Waals surface area contributed by atoms with E-state index < -0.39 is 0 Å². The standard InChI is InChI=1S/C19H16ClN9/c1-10(24-18-12(8-21)17(22)26-19(23)27-18)13-9-29-15(7-14(20)28-29)25-16(13)11-5-3-2-4-6-11/h2-7,9-10H,1H3,(H5,22,23,24,26,27)/t10-/m0/s1. The number of nitrogens with one attached hydrogen (secondary N) is 1. The molecule has 5 N–H and O–H groups in total. The van der Waals surface area contributed by atoms with Gasteiger partial charge in [-0.3, -0.25) is 0 Å². The monoisotopic (exact) mass is 405 g/mol. The van der Waals surface area contributed by atoms with E-state index in [1.165, 1.54) is 0 Å². The molecule has 0 aliphatic carbocycles. The largest absolute Gasteiger partial charge is 0.382 e. The number of fused-ring (bicyclic) bond motifs is 1. The van der Waals surface area contributed by atoms with E-state index in [9.17, 15) is 5.26 Å². The lowest BCUT2D eigenvalue weighted by molar-refractivity contribution is 0.830. The highest BCUT2D eigenvalue weighted by Gasteiger charge is 2.19. The van der Waals surface area contributed by atoms with Crippen molar-refractivity contribution in [3.63, 3.8) is 0 Å². The van der Waals surface area contributed by atoms with Crippen molar-refractivity contribution in [3.8, 4) is 17.3 Å². The molecule has 3 heterocycles. The average molecular weight is 406 g/mol. The Kier molecular flexibility index (Phi) is 4.62. The maximum absolute atomic E-state index is 9.42. The number of nitrogens with two attached hydrogens (primary N) is 2. The Bertz CT molecular complexity index is 1240. The summed E-state index contributed by atoms with van der Waals surface area (Å²) in [7, 11) is 0. The van der Waals surface area contributed by atoms with Crippen LogP contribution in [-0.2, 0) is 0 Å². The van der Waals surface area contributed by atoms with E-state index in [1.807, 2.05) is 49.5 Å². The SMILES string of the molecule is C[C@H](Nc1nc(N)nc(N)c1C#N)c1cn2nc(Cl)cc2nc1-c1ccccc1. The number of aromatic nitrogens is 5. The van der Waals surface area contributed by atoms with E-state index in [4.69, 9.17) is 28.1 Å². The number of nitrogen functional groups attached to an aromatic ring is 2. The molecule has 4 rings (SSSR count). The summed E-state index contributed by atoms with van der Waals surface area (Å²) in [5.41, 5.74) is 14.8. The zero-order valence-corrected chi connectivity index (χ0v) is 16.1. The second-order valence-corrected chi connectivity index (χ2v) is 6.74. The number of nitrogens with zero attached hydrogens (tertiary/aromatic N) is 6. The van der Waals surface area contributed by atoms with Crippen LogP contribution in [0.2, 0.25) is 5.15 Å². The predicted molar refractivity (Wildman–Crippen MR) is 111 cm³/mol. The lowest BCUT2D eigenvalue weighted by atomic mass is 10.0. The van der Waals surface area contributed by atoms with Crippen molar-refractivity contribution in [1.29, 1.82) is 5.26 Å². The predicted octanol–water partition coefficient (Wildman–Crippen LogP) is 3.05. The van der Waals surface area contributed by atoms with Crippen LogP contribution in [-0.4, -0.2) is 24.6 Å². The molecule has 0 saturated carbocycles. The fraction of sp³-hybridized carbons (Fsp3) is 0.105. The molecule has 4 aromatic rings. The smallest absolute Gasteiger partial charge is 0.224 e. The second-order valence-electron chi connectivity index (χ2n) is 6.35. The van der Waals surface area contributed by atoms with Gasteiger partial charge in [-0.15, -0.1) is 0 Å². The Balaban J connectivity index is 1.84. The molecule has 9 nitrogen and oxygen atoms in total. The van der Waals surface area contributed by atoms with Gasteiger partial charge in [0, 0.05) is 23.4 Å². The summed E-state index contributed by atoms with van der Waals surface area (Å²) >= 11 is 6.05. The summed E-state index contributed by atoms with van der Waals surface area (Å²) in [6.45, 7) is 1.91. The molecule has 3 aromatic heterocycles. The minimum Gasteiger partial charge on any atom is -0.382 e. The fourth-order valence-electron chi connectivity index (χ4n) is 3.04. The lowest BCUT2D eigenvalue weighted by Crippen LogP contribution is -2.15. The molecule has 1 aromatic carbocycles. The minimum absolute atomic E-state index is 0.0189. The molecule has 0 aliphatic rings. The number of halogens is 1. The van der Waals surface area contributed by atoms with Crippen LogP contribution in [0.5, 0.6) is 0 Å². The summed E-state index contributed by atoms with van der Waals surface area (Å²) in [6, 6.07) is 13.1. The topological polar surface area (TPSA) is 144 Å². The van der Waals surface area contributed by atoms with Gasteiger partial charge in [-0.2, -0.15) is 20.3 Å². The first-order valence-electron chi connectivity index (χ1n) is 8.67. The first-order chi connectivity index (χ1) is 14.0. The van der Waals surface area contributed by atoms with Crippen LogP contribution in [0.1, 0.15) is 24.1 Å². The fourth-order valence-corrected chi connectivity index (χ4v) is 3.22. The van der Waals surface area contributed by atoms with Crippen LogP contribution in [0.4, 0.5) is 17.6 Å². The van der Waals surface area contributed by atoms with Gasteiger partial charge in [0.15, 0.2) is 16.6 Å². The van der Waals surface area contributed by atoms with Crippen molar-refractivity contribution in [2.75, 3.05) is 16.8 Å². The second kappa shape index (κ2) is 7.26. The van der Waals surface area contributed by atoms with Crippen molar-refractivity contribution in [3.05, 3.63) is 58.9 Å². The molecular weight excluding hydrogens is 390 g/mol. The van der Waals surface area contributed by atoms with Crippen molar-refractivity contribution < 1.29 is 0 Å². The van der Waals surface area contributed by atoms with E-state index in [0.717, 1.165) is 16.8 Å². The first kappa shape index (κ1) is 18.5. The summed E-state index contributed by atoms with van der Waals surface area (Å²) < 4.78 is 1.61. The molecule has 29 heavy (non-hydrogen) atoms. The summed E-state index contributed by atoms with van der Waals surface area (Å²) in [5, 5.41) is 17.2. The van der Waals surface area contributed by atoms with Crippen molar-refractivity contribution in [2.45, 2.75) is 13.0 Å². The Morgan fingerprint density at radius 2 is 1.93 bits per heavy atom. The molecule has 0 radical (unpaired) electrons. The number of hydrogen-bond donors (Lipinski definition) is 3. The summed E-state index contributed by atoms with van der Waals surface area (Å²) in [5.74, 6) is 0.250. The van der Waals surface area contributed by atoms with Crippen LogP contribution in [0.3, 0.4) is 0 Å². The lowest BCUT2D eigenvalue weighted by Gasteiger charge is -2.19. The third kappa shape index (κ3) is 3.49. The van der Waals surface area contributed by atoms with E-state index in [2.05, 4.69) is 20.4 Å². The van der Waals surface area contributed by atoms with Gasteiger partial charge >= 0.3 is 0 Å². The normalized spacial score (nSPS) is 11.9. The maximum Gasteiger partial charge on any atom is 0.224 e. The molecule has 144 valence electrons. The van der Waals surface area contributed by atoms with Gasteiger partial charge < -0.3 is 16.8 Å². The molecule has 0 bridgehead atoms. The zero-order valence-electron chi connectivity index (χ0n) is 15.3. The maximum atomic E-state index is 9.42. The molecule has 1 atom stereocenters. The number of nitriles is 1. The summed E-state index contributed by atoms with van der Waals surface area (Å²) in [4.78, 5) is 12.7. The van der Waals surface area contributed by atoms with Gasteiger partial charge in [-0.05, 0) is 6.92 Å². The number of hydrogen-bond acceptors (Lipinski definition) is 8. The molecule has 0 amide bonds. The van der Waals surface area contributed by atoms with E-state index in [1.54, 1.807) is 10.6 Å². The highest BCUT2D eigenvalue weighted by atomic mass is 35.5. The van der Waals surface area contributed by atoms with Gasteiger partial charge in [0.2, 0.25) is 5.95 Å². The van der Waals surface area contributed by atoms with Crippen LogP contribution >= 0.6 is 11.6 Å². The Morgan fingerprint density at radius 1 is 1.17 bits per heavy atom. The van der Waals surface area contributed by atoms with Crippen LogP contribution in [0.25, 0.3) is 16.9 Å². The van der Waals surface area contributed by atoms with Crippen molar-refractivity contribution >= 4 is 34.8 Å². The number of anilines is 3. The van der Waals surface area contributed by atoms with Crippen LogP contribution < -0.4 is 16.8 Å². The van der Waals surface area contributed by atoms with Crippen molar-refractivity contribution in [2.24, 2.45) is 0 Å². The third-order valence-corrected chi connectivity index (χ3v) is 4.57. The highest BCUT2D eigenvalue weighted by molar-refractivity contribution is 6.29. The molecular formula is C19H16ClN9. The quantitative estimate of drug-likeness (QED) is 0.469. The molecule has 0 saturated heterocycles. The van der Waals surface area contributed by atoms with E-state index in [-0.39, 0.29) is 29.2 Å². The zero-order chi connectivity index (χ0) is 20.5. The molecule has 10 heteroatoms. The first-order valence-corrected chi connectivity index (χ1v) is 9.05. The van der Waals surface area contributed by atoms with Gasteiger partial charge in [-0.1, -0.05) is 41.9 Å². The Labute approximate surface area is 171 Å². The molecule has 0 fully saturated rings. The number of rotatable bonds is 4. The van der Waals surface area contributed by atoms with Gasteiger partial charge in [0.05, 0.1) is 11.7 Å².